The van der Waals surface area contributed by atoms with Crippen LogP contribution in [-0.4, -0.2) is 75.4 Å². The Morgan fingerprint density at radius 3 is 2.00 bits per heavy atom. The smallest absolute Gasteiger partial charge is 0.478 e. The number of nitrogens with one attached hydrogen (secondary N) is 1. The maximum Gasteiger partial charge on any atom is 0.490 e. The molecular formula is C21H25BrF3N3O6S. The van der Waals surface area contributed by atoms with Crippen LogP contribution in [0.25, 0.3) is 0 Å². The highest BCUT2D eigenvalue weighted by molar-refractivity contribution is 9.10. The van der Waals surface area contributed by atoms with Crippen molar-refractivity contribution in [1.29, 1.82) is 0 Å². The number of carbonyl (C=O) groups is 2. The van der Waals surface area contributed by atoms with E-state index in [0.717, 1.165) is 11.0 Å². The molecule has 0 radical (unpaired) electrons. The zero-order chi connectivity index (χ0) is 27.0. The first-order chi connectivity index (χ1) is 16.1. The summed E-state index contributed by atoms with van der Waals surface area (Å²) < 4.78 is 60.7. The van der Waals surface area contributed by atoms with Gasteiger partial charge in [0.25, 0.3) is 10.0 Å². The number of aliphatic carboxylic acids is 1. The van der Waals surface area contributed by atoms with E-state index in [-0.39, 0.29) is 16.1 Å². The van der Waals surface area contributed by atoms with Gasteiger partial charge in [0, 0.05) is 24.1 Å². The number of alkyl halides is 3. The molecule has 2 rings (SSSR count). The second kappa shape index (κ2) is 12.7. The monoisotopic (exact) mass is 583 g/mol. The van der Waals surface area contributed by atoms with Crippen molar-refractivity contribution in [2.24, 2.45) is 0 Å². The summed E-state index contributed by atoms with van der Waals surface area (Å²) in [5.74, 6) is -3.88. The van der Waals surface area contributed by atoms with Crippen LogP contribution in [0.2, 0.25) is 0 Å². The molecule has 0 saturated heterocycles. The predicted octanol–water partition coefficient (Wildman–Crippen LogP) is 3.97. The number of benzene rings is 2. The third-order valence-electron chi connectivity index (χ3n) is 4.39. The molecule has 0 spiro atoms. The van der Waals surface area contributed by atoms with Crippen molar-refractivity contribution in [3.63, 3.8) is 0 Å². The van der Waals surface area contributed by atoms with Gasteiger partial charge in [-0.25, -0.2) is 18.0 Å². The van der Waals surface area contributed by atoms with Crippen LogP contribution in [0.3, 0.4) is 0 Å². The van der Waals surface area contributed by atoms with E-state index in [1.807, 2.05) is 30.8 Å². The van der Waals surface area contributed by atoms with Gasteiger partial charge in [-0.05, 0) is 63.5 Å². The molecule has 0 bridgehead atoms. The molecule has 9 nitrogen and oxygen atoms in total. The molecule has 0 amide bonds. The van der Waals surface area contributed by atoms with Gasteiger partial charge in [-0.2, -0.15) is 13.2 Å². The van der Waals surface area contributed by atoms with E-state index < -0.39 is 28.1 Å². The van der Waals surface area contributed by atoms with Crippen LogP contribution in [0.1, 0.15) is 17.3 Å². The van der Waals surface area contributed by atoms with Crippen LogP contribution in [0.15, 0.2) is 51.8 Å². The van der Waals surface area contributed by atoms with Gasteiger partial charge in [-0.3, -0.25) is 4.72 Å². The van der Waals surface area contributed by atoms with Gasteiger partial charge in [-0.15, -0.1) is 0 Å². The Morgan fingerprint density at radius 1 is 1.03 bits per heavy atom. The van der Waals surface area contributed by atoms with Crippen LogP contribution in [0, 0.1) is 0 Å². The number of likely N-dealkylation sites (N-methyl/N-ethyl adjacent to an activating group) is 2. The highest BCUT2D eigenvalue weighted by Gasteiger charge is 2.38. The summed E-state index contributed by atoms with van der Waals surface area (Å²) in [4.78, 5) is 24.4. The Hall–Kier alpha value is -2.84. The summed E-state index contributed by atoms with van der Waals surface area (Å²) >= 11 is 3.28. The van der Waals surface area contributed by atoms with Crippen LogP contribution < -0.4 is 9.62 Å². The molecule has 0 heterocycles. The third-order valence-corrected chi connectivity index (χ3v) is 6.30. The van der Waals surface area contributed by atoms with Gasteiger partial charge >= 0.3 is 18.1 Å². The topological polar surface area (TPSA) is 127 Å². The number of aromatic carboxylic acids is 1. The molecule has 194 valence electrons. The molecule has 0 aliphatic carbocycles. The third kappa shape index (κ3) is 9.74. The Kier molecular flexibility index (Phi) is 11.0. The number of carboxylic acid groups (broad SMARTS) is 2. The number of rotatable bonds is 9. The Bertz CT molecular complexity index is 1130. The van der Waals surface area contributed by atoms with Gasteiger partial charge in [0.05, 0.1) is 21.8 Å². The van der Waals surface area contributed by atoms with E-state index in [1.165, 1.54) is 24.3 Å². The summed E-state index contributed by atoms with van der Waals surface area (Å²) in [6.45, 7) is 4.05. The van der Waals surface area contributed by atoms with Gasteiger partial charge in [-0.1, -0.05) is 15.9 Å². The Balaban J connectivity index is 0.000000762. The molecule has 0 unspecified atom stereocenters. The quantitative estimate of drug-likeness (QED) is 0.404. The molecule has 0 aliphatic heterocycles. The maximum atomic E-state index is 12.8. The minimum Gasteiger partial charge on any atom is -0.478 e. The number of hydrogen-bond acceptors (Lipinski definition) is 6. The fraction of sp³-hybridized carbons (Fsp3) is 0.333. The lowest BCUT2D eigenvalue weighted by Gasteiger charge is -2.27. The first-order valence-corrected chi connectivity index (χ1v) is 12.2. The lowest BCUT2D eigenvalue weighted by Crippen LogP contribution is -2.32. The molecule has 0 aromatic heterocycles. The van der Waals surface area contributed by atoms with Crippen LogP contribution in [0.4, 0.5) is 24.5 Å². The average Bonchev–Trinajstić information content (AvgIpc) is 2.74. The summed E-state index contributed by atoms with van der Waals surface area (Å²) in [6.07, 6.45) is -5.08. The van der Waals surface area contributed by atoms with E-state index in [2.05, 4.69) is 20.7 Å². The molecular weight excluding hydrogens is 559 g/mol. The molecule has 0 fully saturated rings. The Morgan fingerprint density at radius 2 is 1.57 bits per heavy atom. The second-order valence-electron chi connectivity index (χ2n) is 7.28. The summed E-state index contributed by atoms with van der Waals surface area (Å²) in [6, 6.07) is 10.7. The first-order valence-electron chi connectivity index (χ1n) is 9.94. The number of hydrogen-bond donors (Lipinski definition) is 3. The predicted molar refractivity (Wildman–Crippen MR) is 128 cm³/mol. The van der Waals surface area contributed by atoms with Crippen molar-refractivity contribution < 1.29 is 41.4 Å². The summed E-state index contributed by atoms with van der Waals surface area (Å²) in [5.41, 5.74) is 0.888. The standard InChI is InChI=1S/C19H24BrN3O4S.C2HF3O2/c1-4-23(12-11-22(2)3)18-10-5-14(19(24)25)13-17(18)21-28(26,27)16-8-6-15(20)7-9-16;3-2(4,5)1(6)7/h5-10,13,21H,4,11-12H2,1-3H3,(H,24,25);(H,6,7). The molecule has 35 heavy (non-hydrogen) atoms. The SMILES string of the molecule is CCN(CCN(C)C)c1ccc(C(=O)O)cc1NS(=O)(=O)c1ccc(Br)cc1.O=C(O)C(F)(F)F. The molecule has 2 aromatic rings. The number of carboxylic acids is 2. The van der Waals surface area contributed by atoms with E-state index in [0.29, 0.717) is 18.8 Å². The van der Waals surface area contributed by atoms with E-state index in [4.69, 9.17) is 9.90 Å². The van der Waals surface area contributed by atoms with Crippen LogP contribution in [0.5, 0.6) is 0 Å². The number of anilines is 2. The van der Waals surface area contributed by atoms with Crippen molar-refractivity contribution in [2.75, 3.05) is 43.4 Å². The zero-order valence-corrected chi connectivity index (χ0v) is 21.4. The molecule has 3 N–H and O–H groups in total. The average molecular weight is 584 g/mol. The Labute approximate surface area is 209 Å². The fourth-order valence-corrected chi connectivity index (χ4v) is 3.94. The highest BCUT2D eigenvalue weighted by atomic mass is 79.9. The number of halogens is 4. The molecule has 2 aromatic carbocycles. The van der Waals surface area contributed by atoms with Gasteiger partial charge < -0.3 is 20.0 Å². The molecule has 0 saturated carbocycles. The van der Waals surface area contributed by atoms with E-state index >= 15 is 0 Å². The van der Waals surface area contributed by atoms with Crippen molar-refractivity contribution in [2.45, 2.75) is 18.0 Å². The minimum atomic E-state index is -5.08. The summed E-state index contributed by atoms with van der Waals surface area (Å²) in [7, 11) is 0.0448. The van der Waals surface area contributed by atoms with Gasteiger partial charge in [0.2, 0.25) is 0 Å². The lowest BCUT2D eigenvalue weighted by molar-refractivity contribution is -0.192. The van der Waals surface area contributed by atoms with E-state index in [9.17, 15) is 31.5 Å². The van der Waals surface area contributed by atoms with Crippen LogP contribution >= 0.6 is 15.9 Å². The van der Waals surface area contributed by atoms with Crippen LogP contribution in [-0.2, 0) is 14.8 Å². The first kappa shape index (κ1) is 30.2. The van der Waals surface area contributed by atoms with Gasteiger partial charge in [0.15, 0.2) is 0 Å². The number of sulfonamides is 1. The normalized spacial score (nSPS) is 11.4. The summed E-state index contributed by atoms with van der Waals surface area (Å²) in [5, 5.41) is 16.4. The van der Waals surface area contributed by atoms with E-state index in [1.54, 1.807) is 18.2 Å². The number of nitrogens with zero attached hydrogens (tertiary/aromatic N) is 2. The van der Waals surface area contributed by atoms with Gasteiger partial charge in [0.1, 0.15) is 0 Å². The van der Waals surface area contributed by atoms with Crippen molar-refractivity contribution in [1.82, 2.24) is 4.90 Å². The van der Waals surface area contributed by atoms with Crippen molar-refractivity contribution >= 4 is 49.3 Å². The molecule has 0 atom stereocenters. The minimum absolute atomic E-state index is 0.0147. The van der Waals surface area contributed by atoms with Crippen molar-refractivity contribution in [3.05, 3.63) is 52.5 Å². The second-order valence-corrected chi connectivity index (χ2v) is 9.88. The maximum absolute atomic E-state index is 12.8. The molecule has 0 aliphatic rings. The molecule has 14 heteroatoms. The van der Waals surface area contributed by atoms with Crippen molar-refractivity contribution in [3.8, 4) is 0 Å². The highest BCUT2D eigenvalue weighted by Crippen LogP contribution is 2.30. The largest absolute Gasteiger partial charge is 0.490 e. The zero-order valence-electron chi connectivity index (χ0n) is 19.0. The lowest BCUT2D eigenvalue weighted by atomic mass is 10.1. The fourth-order valence-electron chi connectivity index (χ4n) is 2.61.